The number of carbonyl (C=O) groups is 1. The Balaban J connectivity index is 1.99. The molecule has 5 heteroatoms. The number of aromatic nitrogens is 1. The Kier molecular flexibility index (Phi) is 4.90. The van der Waals surface area contributed by atoms with Crippen LogP contribution in [0, 0.1) is 6.92 Å². The van der Waals surface area contributed by atoms with Gasteiger partial charge in [-0.15, -0.1) is 0 Å². The van der Waals surface area contributed by atoms with Crippen LogP contribution in [0.2, 0.25) is 0 Å². The van der Waals surface area contributed by atoms with E-state index in [9.17, 15) is 9.90 Å². The highest BCUT2D eigenvalue weighted by molar-refractivity contribution is 5.92. The Hall–Kier alpha value is -2.40. The molecule has 21 heavy (non-hydrogen) atoms. The first-order valence-electron chi connectivity index (χ1n) is 6.77. The number of nitrogens with zero attached hydrogens (tertiary/aromatic N) is 1. The van der Waals surface area contributed by atoms with Crippen molar-refractivity contribution in [2.75, 3.05) is 18.9 Å². The van der Waals surface area contributed by atoms with Gasteiger partial charge >= 0.3 is 0 Å². The summed E-state index contributed by atoms with van der Waals surface area (Å²) < 4.78 is 0. The highest BCUT2D eigenvalue weighted by Crippen LogP contribution is 2.15. The summed E-state index contributed by atoms with van der Waals surface area (Å²) in [4.78, 5) is 15.5. The first-order chi connectivity index (χ1) is 10.1. The highest BCUT2D eigenvalue weighted by Gasteiger charge is 2.09. The van der Waals surface area contributed by atoms with Gasteiger partial charge in [0.25, 0.3) is 5.91 Å². The number of pyridine rings is 1. The van der Waals surface area contributed by atoms with Gasteiger partial charge < -0.3 is 15.7 Å². The second-order valence-corrected chi connectivity index (χ2v) is 4.82. The van der Waals surface area contributed by atoms with Gasteiger partial charge in [0.2, 0.25) is 0 Å². The topological polar surface area (TPSA) is 74.2 Å². The second kappa shape index (κ2) is 6.85. The lowest BCUT2D eigenvalue weighted by molar-refractivity contribution is 0.0958. The maximum Gasteiger partial charge on any atom is 0.269 e. The summed E-state index contributed by atoms with van der Waals surface area (Å²) >= 11 is 0. The SMILES string of the molecule is CNC(=O)c1cc(NC[C@H](O)c2ccc(C)cc2)ccn1. The van der Waals surface area contributed by atoms with E-state index in [0.717, 1.165) is 16.8 Å². The predicted octanol–water partition coefficient (Wildman–Crippen LogP) is 1.90. The Morgan fingerprint density at radius 1 is 1.29 bits per heavy atom. The van der Waals surface area contributed by atoms with Gasteiger partial charge in [-0.1, -0.05) is 29.8 Å². The van der Waals surface area contributed by atoms with Crippen LogP contribution in [0.3, 0.4) is 0 Å². The molecule has 1 amide bonds. The Morgan fingerprint density at radius 2 is 2.00 bits per heavy atom. The number of aryl methyl sites for hydroxylation is 1. The predicted molar refractivity (Wildman–Crippen MR) is 82.3 cm³/mol. The van der Waals surface area contributed by atoms with E-state index in [-0.39, 0.29) is 5.91 Å². The van der Waals surface area contributed by atoms with Gasteiger partial charge in [0.15, 0.2) is 0 Å². The number of benzene rings is 1. The molecule has 0 aliphatic carbocycles. The molecule has 0 unspecified atom stereocenters. The summed E-state index contributed by atoms with van der Waals surface area (Å²) in [7, 11) is 1.56. The standard InChI is InChI=1S/C16H19N3O2/c1-11-3-5-12(6-4-11)15(20)10-19-13-7-8-18-14(9-13)16(21)17-2/h3-9,15,20H,10H2,1-2H3,(H,17,21)(H,18,19)/t15-/m0/s1. The molecule has 1 aromatic carbocycles. The lowest BCUT2D eigenvalue weighted by Gasteiger charge is -2.13. The molecular weight excluding hydrogens is 266 g/mol. The van der Waals surface area contributed by atoms with Crippen LogP contribution in [0.4, 0.5) is 5.69 Å². The molecule has 1 heterocycles. The first kappa shape index (κ1) is 15.0. The monoisotopic (exact) mass is 285 g/mol. The van der Waals surface area contributed by atoms with Gasteiger partial charge in [-0.05, 0) is 24.6 Å². The maximum absolute atomic E-state index is 11.5. The summed E-state index contributed by atoms with van der Waals surface area (Å²) in [5.41, 5.74) is 3.10. The van der Waals surface area contributed by atoms with E-state index >= 15 is 0 Å². The van der Waals surface area contributed by atoms with Crippen molar-refractivity contribution in [3.63, 3.8) is 0 Å². The number of anilines is 1. The van der Waals surface area contributed by atoms with Crippen LogP contribution in [0.15, 0.2) is 42.6 Å². The van der Waals surface area contributed by atoms with Gasteiger partial charge in [0.05, 0.1) is 6.10 Å². The molecule has 110 valence electrons. The van der Waals surface area contributed by atoms with Gasteiger partial charge in [0, 0.05) is 25.5 Å². The number of aliphatic hydroxyl groups excluding tert-OH is 1. The van der Waals surface area contributed by atoms with E-state index in [2.05, 4.69) is 15.6 Å². The molecule has 1 atom stereocenters. The molecule has 0 fully saturated rings. The van der Waals surface area contributed by atoms with Crippen molar-refractivity contribution in [1.29, 1.82) is 0 Å². The second-order valence-electron chi connectivity index (χ2n) is 4.82. The van der Waals surface area contributed by atoms with Crippen molar-refractivity contribution in [2.45, 2.75) is 13.0 Å². The molecule has 0 saturated heterocycles. The largest absolute Gasteiger partial charge is 0.387 e. The minimum atomic E-state index is -0.609. The van der Waals surface area contributed by atoms with Crippen molar-refractivity contribution in [1.82, 2.24) is 10.3 Å². The van der Waals surface area contributed by atoms with Crippen molar-refractivity contribution in [3.05, 3.63) is 59.4 Å². The van der Waals surface area contributed by atoms with Crippen molar-refractivity contribution in [3.8, 4) is 0 Å². The van der Waals surface area contributed by atoms with Crippen LogP contribution < -0.4 is 10.6 Å². The van der Waals surface area contributed by atoms with Crippen LogP contribution in [0.5, 0.6) is 0 Å². The fourth-order valence-electron chi connectivity index (χ4n) is 1.91. The molecule has 2 rings (SSSR count). The van der Waals surface area contributed by atoms with Gasteiger partial charge in [-0.3, -0.25) is 9.78 Å². The van der Waals surface area contributed by atoms with E-state index in [1.165, 1.54) is 0 Å². The molecule has 1 aromatic heterocycles. The Bertz CT molecular complexity index is 611. The Labute approximate surface area is 124 Å². The summed E-state index contributed by atoms with van der Waals surface area (Å²) in [5, 5.41) is 15.8. The number of hydrogen-bond acceptors (Lipinski definition) is 4. The highest BCUT2D eigenvalue weighted by atomic mass is 16.3. The lowest BCUT2D eigenvalue weighted by atomic mass is 10.1. The first-order valence-corrected chi connectivity index (χ1v) is 6.77. The molecule has 2 aromatic rings. The molecule has 0 aliphatic rings. The summed E-state index contributed by atoms with van der Waals surface area (Å²) in [5.74, 6) is -0.238. The van der Waals surface area contributed by atoms with Crippen LogP contribution in [0.1, 0.15) is 27.7 Å². The van der Waals surface area contributed by atoms with E-state index in [4.69, 9.17) is 0 Å². The summed E-state index contributed by atoms with van der Waals surface area (Å²) in [6.45, 7) is 2.37. The van der Waals surface area contributed by atoms with Crippen molar-refractivity contribution in [2.24, 2.45) is 0 Å². The van der Waals surface area contributed by atoms with E-state index in [1.807, 2.05) is 31.2 Å². The van der Waals surface area contributed by atoms with Crippen LogP contribution in [0.25, 0.3) is 0 Å². The number of nitrogens with one attached hydrogen (secondary N) is 2. The molecule has 0 bridgehead atoms. The smallest absolute Gasteiger partial charge is 0.269 e. The van der Waals surface area contributed by atoms with Crippen molar-refractivity contribution < 1.29 is 9.90 Å². The fraction of sp³-hybridized carbons (Fsp3) is 0.250. The third-order valence-corrected chi connectivity index (χ3v) is 3.18. The van der Waals surface area contributed by atoms with Crippen LogP contribution in [-0.2, 0) is 0 Å². The van der Waals surface area contributed by atoms with Crippen LogP contribution >= 0.6 is 0 Å². The third-order valence-electron chi connectivity index (χ3n) is 3.18. The quantitative estimate of drug-likeness (QED) is 0.784. The van der Waals surface area contributed by atoms with Gasteiger partial charge in [-0.25, -0.2) is 0 Å². The van der Waals surface area contributed by atoms with E-state index in [0.29, 0.717) is 12.2 Å². The van der Waals surface area contributed by atoms with E-state index < -0.39 is 6.10 Å². The number of carbonyl (C=O) groups excluding carboxylic acids is 1. The zero-order valence-corrected chi connectivity index (χ0v) is 12.1. The van der Waals surface area contributed by atoms with Crippen molar-refractivity contribution >= 4 is 11.6 Å². The molecule has 0 spiro atoms. The molecule has 3 N–H and O–H groups in total. The molecule has 5 nitrogen and oxygen atoms in total. The number of amides is 1. The minimum absolute atomic E-state index is 0.238. The zero-order valence-electron chi connectivity index (χ0n) is 12.1. The number of hydrogen-bond donors (Lipinski definition) is 3. The lowest BCUT2D eigenvalue weighted by Crippen LogP contribution is -2.19. The third kappa shape index (κ3) is 4.03. The van der Waals surface area contributed by atoms with Gasteiger partial charge in [0.1, 0.15) is 5.69 Å². The average Bonchev–Trinajstić information content (AvgIpc) is 2.52. The fourth-order valence-corrected chi connectivity index (χ4v) is 1.91. The maximum atomic E-state index is 11.5. The normalized spacial score (nSPS) is 11.8. The molecule has 0 saturated carbocycles. The minimum Gasteiger partial charge on any atom is -0.387 e. The van der Waals surface area contributed by atoms with E-state index in [1.54, 1.807) is 25.4 Å². The number of aliphatic hydroxyl groups is 1. The molecule has 0 radical (unpaired) electrons. The van der Waals surface area contributed by atoms with Crippen LogP contribution in [-0.4, -0.2) is 29.6 Å². The average molecular weight is 285 g/mol. The molecule has 0 aliphatic heterocycles. The zero-order chi connectivity index (χ0) is 15.2. The number of rotatable bonds is 5. The molecular formula is C16H19N3O2. The Morgan fingerprint density at radius 3 is 2.67 bits per heavy atom. The summed E-state index contributed by atoms with van der Waals surface area (Å²) in [6.07, 6.45) is 0.952. The van der Waals surface area contributed by atoms with Gasteiger partial charge in [-0.2, -0.15) is 0 Å². The summed E-state index contributed by atoms with van der Waals surface area (Å²) in [6, 6.07) is 11.2.